The predicted molar refractivity (Wildman–Crippen MR) is 56.8 cm³/mol. The smallest absolute Gasteiger partial charge is 0.344 e. The van der Waals surface area contributed by atoms with Crippen LogP contribution in [-0.4, -0.2) is 34.6 Å². The van der Waals surface area contributed by atoms with Gasteiger partial charge in [-0.2, -0.15) is 9.55 Å². The molecule has 0 aliphatic heterocycles. The lowest BCUT2D eigenvalue weighted by atomic mass is 10.4. The van der Waals surface area contributed by atoms with Crippen LogP contribution in [-0.2, 0) is 7.05 Å². The quantitative estimate of drug-likeness (QED) is 0.554. The maximum absolute atomic E-state index is 10.6. The zero-order chi connectivity index (χ0) is 11.4. The highest BCUT2D eigenvalue weighted by molar-refractivity contribution is 5.37. The van der Waals surface area contributed by atoms with Crippen molar-refractivity contribution in [1.29, 1.82) is 0 Å². The largest absolute Gasteiger partial charge is 0.358 e. The monoisotopic (exact) mass is 213 g/mol. The van der Waals surface area contributed by atoms with E-state index in [9.17, 15) is 10.1 Å². The number of hydrogen-bond donors (Lipinski definition) is 1. The predicted octanol–water partition coefficient (Wildman–Crippen LogP) is 0.113. The summed E-state index contributed by atoms with van der Waals surface area (Å²) in [5.41, 5.74) is 5.38. The van der Waals surface area contributed by atoms with Gasteiger partial charge < -0.3 is 20.7 Å². The zero-order valence-corrected chi connectivity index (χ0v) is 8.88. The summed E-state index contributed by atoms with van der Waals surface area (Å²) in [4.78, 5) is 16.0. The number of aromatic nitrogens is 2. The van der Waals surface area contributed by atoms with Gasteiger partial charge in [-0.1, -0.05) is 0 Å². The lowest BCUT2D eigenvalue weighted by Gasteiger charge is -2.14. The Morgan fingerprint density at radius 1 is 1.73 bits per heavy atom. The molecule has 1 aromatic heterocycles. The Bertz CT molecular complexity index is 349. The number of hydrogen-bond acceptors (Lipinski definition) is 5. The minimum absolute atomic E-state index is 0.00963. The summed E-state index contributed by atoms with van der Waals surface area (Å²) in [6.45, 7) is 1.33. The molecule has 0 atom stereocenters. The van der Waals surface area contributed by atoms with Crippen LogP contribution in [0.1, 0.15) is 6.42 Å². The van der Waals surface area contributed by atoms with Crippen molar-refractivity contribution in [3.05, 3.63) is 16.3 Å². The second-order valence-electron chi connectivity index (χ2n) is 3.30. The van der Waals surface area contributed by atoms with Crippen LogP contribution in [0.5, 0.6) is 0 Å². The van der Waals surface area contributed by atoms with Crippen molar-refractivity contribution in [3.8, 4) is 0 Å². The number of imidazole rings is 1. The molecule has 7 heteroatoms. The molecule has 0 saturated carbocycles. The topological polar surface area (TPSA) is 90.2 Å². The van der Waals surface area contributed by atoms with Gasteiger partial charge in [-0.25, -0.2) is 0 Å². The van der Waals surface area contributed by atoms with Crippen LogP contribution in [0.2, 0.25) is 0 Å². The van der Waals surface area contributed by atoms with Crippen molar-refractivity contribution in [3.63, 3.8) is 0 Å². The highest BCUT2D eigenvalue weighted by Crippen LogP contribution is 2.18. The molecule has 1 heterocycles. The summed E-state index contributed by atoms with van der Waals surface area (Å²) in [5, 5.41) is 10.6. The van der Waals surface area contributed by atoms with E-state index in [0.717, 1.165) is 13.0 Å². The van der Waals surface area contributed by atoms with Gasteiger partial charge in [0.15, 0.2) is 0 Å². The Kier molecular flexibility index (Phi) is 3.62. The van der Waals surface area contributed by atoms with Crippen LogP contribution in [0.15, 0.2) is 6.20 Å². The molecule has 1 rings (SSSR count). The lowest BCUT2D eigenvalue weighted by Crippen LogP contribution is -2.24. The minimum atomic E-state index is -0.451. The maximum atomic E-state index is 10.6. The molecule has 0 aliphatic rings. The van der Waals surface area contributed by atoms with Gasteiger partial charge in [-0.05, 0) is 17.9 Å². The fourth-order valence-electron chi connectivity index (χ4n) is 1.34. The molecule has 0 spiro atoms. The first-order valence-corrected chi connectivity index (χ1v) is 4.65. The normalized spacial score (nSPS) is 10.3. The van der Waals surface area contributed by atoms with Gasteiger partial charge in [0, 0.05) is 13.6 Å². The Hall–Kier alpha value is -1.63. The highest BCUT2D eigenvalue weighted by atomic mass is 16.6. The second-order valence-corrected chi connectivity index (χ2v) is 3.30. The van der Waals surface area contributed by atoms with Crippen LogP contribution >= 0.6 is 0 Å². The number of nitrogens with zero attached hydrogens (tertiary/aromatic N) is 4. The molecule has 0 bridgehead atoms. The Morgan fingerprint density at radius 3 is 2.87 bits per heavy atom. The molecule has 0 aromatic carbocycles. The summed E-state index contributed by atoms with van der Waals surface area (Å²) >= 11 is 0. The van der Waals surface area contributed by atoms with Gasteiger partial charge in [0.05, 0.1) is 7.05 Å². The number of anilines is 1. The van der Waals surface area contributed by atoms with Gasteiger partial charge in [-0.3, -0.25) is 0 Å². The molecule has 0 fully saturated rings. The van der Waals surface area contributed by atoms with E-state index in [1.54, 1.807) is 7.05 Å². The third-order valence-electron chi connectivity index (χ3n) is 2.17. The third kappa shape index (κ3) is 2.44. The number of nitrogens with two attached hydrogens (primary N) is 1. The molecule has 0 unspecified atom stereocenters. The van der Waals surface area contributed by atoms with E-state index in [0.29, 0.717) is 12.5 Å². The van der Waals surface area contributed by atoms with E-state index in [1.807, 2.05) is 11.9 Å². The standard InChI is InChI=1S/C8H15N5O2/c1-11(5-3-4-9)8-10-6-7(12(8)2)13(14)15/h6H,3-5,9H2,1-2H3. The van der Waals surface area contributed by atoms with Crippen molar-refractivity contribution < 1.29 is 4.92 Å². The van der Waals surface area contributed by atoms with Gasteiger partial charge >= 0.3 is 5.82 Å². The molecule has 0 amide bonds. The van der Waals surface area contributed by atoms with E-state index >= 15 is 0 Å². The maximum Gasteiger partial charge on any atom is 0.344 e. The van der Waals surface area contributed by atoms with Gasteiger partial charge in [-0.15, -0.1) is 0 Å². The SMILES string of the molecule is CN(CCCN)c1ncc([N+](=O)[O-])n1C. The van der Waals surface area contributed by atoms with Crippen molar-refractivity contribution in [2.75, 3.05) is 25.0 Å². The van der Waals surface area contributed by atoms with E-state index in [1.165, 1.54) is 10.8 Å². The van der Waals surface area contributed by atoms with Crippen LogP contribution < -0.4 is 10.6 Å². The van der Waals surface area contributed by atoms with Gasteiger partial charge in [0.2, 0.25) is 0 Å². The van der Waals surface area contributed by atoms with Crippen LogP contribution in [0.25, 0.3) is 0 Å². The van der Waals surface area contributed by atoms with Crippen LogP contribution in [0.3, 0.4) is 0 Å². The fourth-order valence-corrected chi connectivity index (χ4v) is 1.34. The molecular weight excluding hydrogens is 198 g/mol. The van der Waals surface area contributed by atoms with E-state index < -0.39 is 4.92 Å². The van der Waals surface area contributed by atoms with Gasteiger partial charge in [0.1, 0.15) is 6.20 Å². The molecule has 15 heavy (non-hydrogen) atoms. The fraction of sp³-hybridized carbons (Fsp3) is 0.625. The first kappa shape index (κ1) is 11.4. The summed E-state index contributed by atoms with van der Waals surface area (Å²) in [6.07, 6.45) is 2.09. The highest BCUT2D eigenvalue weighted by Gasteiger charge is 2.18. The van der Waals surface area contributed by atoms with Crippen molar-refractivity contribution in [1.82, 2.24) is 9.55 Å². The van der Waals surface area contributed by atoms with Crippen molar-refractivity contribution in [2.24, 2.45) is 12.8 Å². The molecule has 0 aliphatic carbocycles. The molecule has 84 valence electrons. The number of rotatable bonds is 5. The Labute approximate surface area is 87.6 Å². The number of nitro groups is 1. The molecule has 7 nitrogen and oxygen atoms in total. The van der Waals surface area contributed by atoms with Crippen molar-refractivity contribution in [2.45, 2.75) is 6.42 Å². The zero-order valence-electron chi connectivity index (χ0n) is 8.88. The average molecular weight is 213 g/mol. The average Bonchev–Trinajstić information content (AvgIpc) is 2.56. The minimum Gasteiger partial charge on any atom is -0.358 e. The van der Waals surface area contributed by atoms with Crippen LogP contribution in [0, 0.1) is 10.1 Å². The summed E-state index contributed by atoms with van der Waals surface area (Å²) in [5.74, 6) is 0.569. The van der Waals surface area contributed by atoms with Crippen molar-refractivity contribution >= 4 is 11.8 Å². The molecule has 0 saturated heterocycles. The Balaban J connectivity index is 2.81. The first-order valence-electron chi connectivity index (χ1n) is 4.65. The third-order valence-corrected chi connectivity index (χ3v) is 2.17. The van der Waals surface area contributed by atoms with E-state index in [-0.39, 0.29) is 5.82 Å². The molecule has 2 N–H and O–H groups in total. The van der Waals surface area contributed by atoms with E-state index in [2.05, 4.69) is 4.98 Å². The second kappa shape index (κ2) is 4.74. The summed E-state index contributed by atoms with van der Waals surface area (Å²) in [7, 11) is 3.46. The lowest BCUT2D eigenvalue weighted by molar-refractivity contribution is -0.391. The van der Waals surface area contributed by atoms with Crippen LogP contribution in [0.4, 0.5) is 11.8 Å². The summed E-state index contributed by atoms with van der Waals surface area (Å²) < 4.78 is 1.45. The Morgan fingerprint density at radius 2 is 2.40 bits per heavy atom. The van der Waals surface area contributed by atoms with Gasteiger partial charge in [0.25, 0.3) is 5.95 Å². The first-order chi connectivity index (χ1) is 7.07. The summed E-state index contributed by atoms with van der Waals surface area (Å²) in [6, 6.07) is 0. The molecular formula is C8H15N5O2. The molecule has 1 aromatic rings. The van der Waals surface area contributed by atoms with E-state index in [4.69, 9.17) is 5.73 Å². The molecule has 0 radical (unpaired) electrons.